The lowest BCUT2D eigenvalue weighted by Gasteiger charge is -2.40. The molecule has 0 unspecified atom stereocenters. The molecule has 0 heterocycles. The number of hydrogen-bond acceptors (Lipinski definition) is 2. The van der Waals surface area contributed by atoms with Crippen LogP contribution in [-0.2, 0) is 5.41 Å². The third-order valence-corrected chi connectivity index (χ3v) is 4.61. The van der Waals surface area contributed by atoms with Crippen LogP contribution in [0.2, 0.25) is 0 Å². The molecule has 0 saturated heterocycles. The van der Waals surface area contributed by atoms with E-state index in [2.05, 4.69) is 25.1 Å². The fourth-order valence-electron chi connectivity index (χ4n) is 3.67. The average molecular weight is 273 g/mol. The van der Waals surface area contributed by atoms with Crippen molar-refractivity contribution in [3.05, 3.63) is 41.5 Å². The predicted octanol–water partition coefficient (Wildman–Crippen LogP) is 4.28. The second-order valence-electron chi connectivity index (χ2n) is 5.87. The Morgan fingerprint density at radius 2 is 1.85 bits per heavy atom. The van der Waals surface area contributed by atoms with Crippen LogP contribution in [0.3, 0.4) is 0 Å². The van der Waals surface area contributed by atoms with Crippen LogP contribution in [0.4, 0.5) is 0 Å². The van der Waals surface area contributed by atoms with Gasteiger partial charge in [-0.3, -0.25) is 0 Å². The number of nitrogens with two attached hydrogens (primary N) is 1. The molecule has 2 heteroatoms. The topological polar surface area (TPSA) is 46.2 Å². The molecule has 0 atom stereocenters. The van der Waals surface area contributed by atoms with E-state index in [4.69, 9.17) is 5.73 Å². The smallest absolute Gasteiger partial charge is 0.115 e. The molecular formula is C18H27NO. The zero-order chi connectivity index (χ0) is 14.4. The van der Waals surface area contributed by atoms with Crippen molar-refractivity contribution < 1.29 is 5.11 Å². The van der Waals surface area contributed by atoms with Crippen molar-refractivity contribution in [3.8, 4) is 5.75 Å². The first kappa shape index (κ1) is 15.1. The molecule has 1 aliphatic carbocycles. The molecule has 0 radical (unpaired) electrons. The Balaban J connectivity index is 2.43. The lowest BCUT2D eigenvalue weighted by atomic mass is 9.64. The number of hydrogen-bond donors (Lipinski definition) is 2. The summed E-state index contributed by atoms with van der Waals surface area (Å²) in [5, 5.41) is 9.55. The van der Waals surface area contributed by atoms with E-state index in [9.17, 15) is 5.11 Å². The molecule has 1 aliphatic rings. The van der Waals surface area contributed by atoms with Gasteiger partial charge in [0.05, 0.1) is 0 Å². The minimum Gasteiger partial charge on any atom is -0.508 e. The molecule has 0 bridgehead atoms. The predicted molar refractivity (Wildman–Crippen MR) is 84.9 cm³/mol. The van der Waals surface area contributed by atoms with Crippen molar-refractivity contribution >= 4 is 0 Å². The second kappa shape index (κ2) is 6.94. The minimum atomic E-state index is 0.154. The molecule has 2 rings (SSSR count). The van der Waals surface area contributed by atoms with E-state index in [1.54, 1.807) is 0 Å². The Morgan fingerprint density at radius 3 is 2.40 bits per heavy atom. The molecule has 1 fully saturated rings. The summed E-state index contributed by atoms with van der Waals surface area (Å²) in [6, 6.07) is 7.83. The van der Waals surface area contributed by atoms with Gasteiger partial charge in [0, 0.05) is 5.41 Å². The Hall–Kier alpha value is -1.28. The lowest BCUT2D eigenvalue weighted by molar-refractivity contribution is 0.331. The van der Waals surface area contributed by atoms with Gasteiger partial charge in [-0.05, 0) is 49.9 Å². The summed E-state index contributed by atoms with van der Waals surface area (Å²) in [6.45, 7) is 2.91. The molecule has 2 nitrogen and oxygen atoms in total. The molecule has 1 saturated carbocycles. The van der Waals surface area contributed by atoms with Gasteiger partial charge in [0.1, 0.15) is 5.75 Å². The molecule has 1 aromatic carbocycles. The fraction of sp³-hybridized carbons (Fsp3) is 0.556. The van der Waals surface area contributed by atoms with Crippen LogP contribution >= 0.6 is 0 Å². The van der Waals surface area contributed by atoms with E-state index in [-0.39, 0.29) is 5.41 Å². The van der Waals surface area contributed by atoms with Crippen molar-refractivity contribution in [3.63, 3.8) is 0 Å². The number of benzene rings is 1. The Morgan fingerprint density at radius 1 is 1.20 bits per heavy atom. The molecule has 1 aromatic rings. The van der Waals surface area contributed by atoms with Crippen LogP contribution in [0, 0.1) is 0 Å². The normalized spacial score (nSPS) is 19.0. The highest BCUT2D eigenvalue weighted by atomic mass is 16.3. The first-order chi connectivity index (χ1) is 9.73. The number of phenolic OH excluding ortho intramolecular Hbond substituents is 1. The maximum absolute atomic E-state index is 9.55. The number of phenols is 1. The van der Waals surface area contributed by atoms with Crippen molar-refractivity contribution in [1.82, 2.24) is 0 Å². The molecule has 0 aliphatic heterocycles. The number of rotatable bonds is 5. The van der Waals surface area contributed by atoms with E-state index in [1.165, 1.54) is 43.2 Å². The van der Waals surface area contributed by atoms with Gasteiger partial charge >= 0.3 is 0 Å². The summed E-state index contributed by atoms with van der Waals surface area (Å²) in [5.41, 5.74) is 8.86. The van der Waals surface area contributed by atoms with Crippen LogP contribution in [0.15, 0.2) is 35.9 Å². The molecule has 3 N–H and O–H groups in total. The highest BCUT2D eigenvalue weighted by Crippen LogP contribution is 2.46. The molecular weight excluding hydrogens is 246 g/mol. The first-order valence-corrected chi connectivity index (χ1v) is 7.92. The summed E-state index contributed by atoms with van der Waals surface area (Å²) >= 11 is 0. The largest absolute Gasteiger partial charge is 0.508 e. The number of allylic oxidation sites excluding steroid dienone is 1. The van der Waals surface area contributed by atoms with Crippen molar-refractivity contribution in [2.75, 3.05) is 6.54 Å². The lowest BCUT2D eigenvalue weighted by Crippen LogP contribution is -2.32. The molecule has 110 valence electrons. The van der Waals surface area contributed by atoms with Gasteiger partial charge in [-0.1, -0.05) is 50.0 Å². The van der Waals surface area contributed by atoms with Crippen LogP contribution < -0.4 is 5.73 Å². The summed E-state index contributed by atoms with van der Waals surface area (Å²) in [4.78, 5) is 0. The Labute approximate surface area is 122 Å². The van der Waals surface area contributed by atoms with Crippen molar-refractivity contribution in [2.45, 2.75) is 57.3 Å². The van der Waals surface area contributed by atoms with E-state index < -0.39 is 0 Å². The zero-order valence-corrected chi connectivity index (χ0v) is 12.6. The first-order valence-electron chi connectivity index (χ1n) is 7.92. The van der Waals surface area contributed by atoms with Gasteiger partial charge in [-0.25, -0.2) is 0 Å². The van der Waals surface area contributed by atoms with Gasteiger partial charge in [-0.2, -0.15) is 0 Å². The summed E-state index contributed by atoms with van der Waals surface area (Å²) < 4.78 is 0. The standard InChI is InChI=1S/C18H27NO/c1-2-6-15(11-14-19)18(12-4-3-5-13-18)16-7-9-17(20)10-8-16/h6-10,20H,2-5,11-14,19H2,1H3/b15-6+. The Bertz CT molecular complexity index is 441. The summed E-state index contributed by atoms with van der Waals surface area (Å²) in [6.07, 6.45) is 10.8. The van der Waals surface area contributed by atoms with Crippen LogP contribution in [0.5, 0.6) is 5.75 Å². The minimum absolute atomic E-state index is 0.154. The van der Waals surface area contributed by atoms with E-state index in [0.717, 1.165) is 12.8 Å². The third kappa shape index (κ3) is 3.06. The van der Waals surface area contributed by atoms with Gasteiger partial charge in [0.15, 0.2) is 0 Å². The summed E-state index contributed by atoms with van der Waals surface area (Å²) in [7, 11) is 0. The molecule has 0 amide bonds. The molecule has 0 spiro atoms. The van der Waals surface area contributed by atoms with E-state index in [0.29, 0.717) is 12.3 Å². The highest BCUT2D eigenvalue weighted by molar-refractivity contribution is 5.40. The Kier molecular flexibility index (Phi) is 5.24. The van der Waals surface area contributed by atoms with E-state index in [1.807, 2.05) is 12.1 Å². The maximum atomic E-state index is 9.55. The average Bonchev–Trinajstić information content (AvgIpc) is 2.48. The van der Waals surface area contributed by atoms with Crippen molar-refractivity contribution in [2.24, 2.45) is 5.73 Å². The third-order valence-electron chi connectivity index (χ3n) is 4.61. The van der Waals surface area contributed by atoms with Crippen LogP contribution in [0.1, 0.15) is 57.4 Å². The fourth-order valence-corrected chi connectivity index (χ4v) is 3.67. The van der Waals surface area contributed by atoms with Crippen LogP contribution in [-0.4, -0.2) is 11.7 Å². The van der Waals surface area contributed by atoms with Gasteiger partial charge < -0.3 is 10.8 Å². The SMILES string of the molecule is CC/C=C(\CCN)C1(c2ccc(O)cc2)CCCCC1. The van der Waals surface area contributed by atoms with Gasteiger partial charge in [0.2, 0.25) is 0 Å². The zero-order valence-electron chi connectivity index (χ0n) is 12.6. The van der Waals surface area contributed by atoms with Gasteiger partial charge in [0.25, 0.3) is 0 Å². The second-order valence-corrected chi connectivity index (χ2v) is 5.87. The maximum Gasteiger partial charge on any atom is 0.115 e. The summed E-state index contributed by atoms with van der Waals surface area (Å²) in [5.74, 6) is 0.347. The number of aromatic hydroxyl groups is 1. The van der Waals surface area contributed by atoms with E-state index >= 15 is 0 Å². The quantitative estimate of drug-likeness (QED) is 0.787. The highest BCUT2D eigenvalue weighted by Gasteiger charge is 2.36. The molecule has 20 heavy (non-hydrogen) atoms. The van der Waals surface area contributed by atoms with Gasteiger partial charge in [-0.15, -0.1) is 0 Å². The van der Waals surface area contributed by atoms with Crippen molar-refractivity contribution in [1.29, 1.82) is 0 Å². The monoisotopic (exact) mass is 273 g/mol. The molecule has 0 aromatic heterocycles. The van der Waals surface area contributed by atoms with Crippen LogP contribution in [0.25, 0.3) is 0 Å².